The van der Waals surface area contributed by atoms with Crippen molar-refractivity contribution in [3.8, 4) is 0 Å². The van der Waals surface area contributed by atoms with Gasteiger partial charge >= 0.3 is 5.97 Å². The van der Waals surface area contributed by atoms with Crippen LogP contribution in [0.5, 0.6) is 0 Å². The Bertz CT molecular complexity index is 230. The Morgan fingerprint density at radius 3 is 2.60 bits per heavy atom. The van der Waals surface area contributed by atoms with Gasteiger partial charge in [-0.2, -0.15) is 0 Å². The number of nitrogens with zero attached hydrogens (tertiary/aromatic N) is 1. The summed E-state index contributed by atoms with van der Waals surface area (Å²) in [6.07, 6.45) is 3.12. The fraction of sp³-hybridized carbons (Fsp3) is 0.429. The van der Waals surface area contributed by atoms with Crippen molar-refractivity contribution in [1.82, 2.24) is 0 Å². The van der Waals surface area contributed by atoms with Crippen LogP contribution in [0.15, 0.2) is 17.3 Å². The maximum atomic E-state index is 10.6. The molecule has 1 atom stereocenters. The van der Waals surface area contributed by atoms with Gasteiger partial charge in [0.2, 0.25) is 0 Å². The summed E-state index contributed by atoms with van der Waals surface area (Å²) in [5.74, 6) is -0.845. The minimum Gasteiger partial charge on any atom is -0.480 e. The Morgan fingerprint density at radius 2 is 2.40 bits per heavy atom. The van der Waals surface area contributed by atoms with Gasteiger partial charge in [0, 0.05) is 11.9 Å². The van der Waals surface area contributed by atoms with Crippen LogP contribution in [-0.4, -0.2) is 16.8 Å². The molecule has 0 saturated heterocycles. The Hall–Kier alpha value is -1.12. The maximum absolute atomic E-state index is 10.6. The average molecular weight is 139 g/mol. The topological polar surface area (TPSA) is 49.7 Å². The van der Waals surface area contributed by atoms with Gasteiger partial charge < -0.3 is 5.11 Å². The number of aliphatic imine (C=N–C) groups is 1. The van der Waals surface area contributed by atoms with Crippen LogP contribution in [-0.2, 0) is 4.79 Å². The highest BCUT2D eigenvalue weighted by atomic mass is 16.4. The molecule has 0 spiro atoms. The van der Waals surface area contributed by atoms with Crippen LogP contribution in [0.25, 0.3) is 0 Å². The second-order valence-corrected chi connectivity index (χ2v) is 2.54. The van der Waals surface area contributed by atoms with E-state index in [0.717, 1.165) is 0 Å². The summed E-state index contributed by atoms with van der Waals surface area (Å²) in [5, 5.41) is 8.71. The zero-order valence-electron chi connectivity index (χ0n) is 5.96. The Kier molecular flexibility index (Phi) is 1.35. The molecule has 0 aromatic rings. The van der Waals surface area contributed by atoms with E-state index < -0.39 is 11.4 Å². The molecular weight excluding hydrogens is 130 g/mol. The Labute approximate surface area is 59.1 Å². The first-order valence-corrected chi connectivity index (χ1v) is 3.03. The van der Waals surface area contributed by atoms with Crippen LogP contribution in [0.1, 0.15) is 13.8 Å². The average Bonchev–Trinajstić information content (AvgIpc) is 2.15. The lowest BCUT2D eigenvalue weighted by molar-refractivity contribution is -0.141. The van der Waals surface area contributed by atoms with Crippen molar-refractivity contribution in [1.29, 1.82) is 0 Å². The van der Waals surface area contributed by atoms with E-state index in [2.05, 4.69) is 4.99 Å². The van der Waals surface area contributed by atoms with Gasteiger partial charge in [0.1, 0.15) is 5.41 Å². The molecule has 3 heteroatoms. The molecule has 0 aromatic heterocycles. The fourth-order valence-electron chi connectivity index (χ4n) is 0.779. The predicted octanol–water partition coefficient (Wildman–Crippen LogP) is 1.07. The molecular formula is C7H9NO2. The standard InChI is InChI=1S/C7H9NO2/c1-5-7(2,6(9)10)3-4-8-5/h3-4H,1-2H3,(H,9,10). The monoisotopic (exact) mass is 139 g/mol. The first kappa shape index (κ1) is 6.99. The van der Waals surface area contributed by atoms with Gasteiger partial charge in [-0.15, -0.1) is 0 Å². The van der Waals surface area contributed by atoms with E-state index in [1.165, 1.54) is 6.20 Å². The highest BCUT2D eigenvalue weighted by molar-refractivity contribution is 6.08. The summed E-state index contributed by atoms with van der Waals surface area (Å²) in [7, 11) is 0. The second-order valence-electron chi connectivity index (χ2n) is 2.54. The van der Waals surface area contributed by atoms with E-state index in [-0.39, 0.29) is 0 Å². The van der Waals surface area contributed by atoms with E-state index in [4.69, 9.17) is 5.11 Å². The third kappa shape index (κ3) is 0.744. The molecule has 0 amide bonds. The lowest BCUT2D eigenvalue weighted by Crippen LogP contribution is -2.30. The smallest absolute Gasteiger partial charge is 0.319 e. The highest BCUT2D eigenvalue weighted by Gasteiger charge is 2.35. The summed E-state index contributed by atoms with van der Waals surface area (Å²) in [5.41, 5.74) is -0.222. The molecule has 54 valence electrons. The summed E-state index contributed by atoms with van der Waals surface area (Å²) >= 11 is 0. The Morgan fingerprint density at radius 1 is 1.80 bits per heavy atom. The molecule has 1 aliphatic rings. The van der Waals surface area contributed by atoms with E-state index in [9.17, 15) is 4.79 Å². The van der Waals surface area contributed by atoms with Gasteiger partial charge in [-0.3, -0.25) is 9.79 Å². The van der Waals surface area contributed by atoms with Crippen LogP contribution in [0.2, 0.25) is 0 Å². The molecule has 1 heterocycles. The van der Waals surface area contributed by atoms with Crippen molar-refractivity contribution in [3.05, 3.63) is 12.3 Å². The SMILES string of the molecule is CC1=NC=CC1(C)C(=O)O. The molecule has 3 nitrogen and oxygen atoms in total. The number of hydrogen-bond donors (Lipinski definition) is 1. The minimum absolute atomic E-state index is 0.639. The van der Waals surface area contributed by atoms with Crippen LogP contribution in [0.4, 0.5) is 0 Å². The minimum atomic E-state index is -0.861. The van der Waals surface area contributed by atoms with Crippen LogP contribution >= 0.6 is 0 Å². The molecule has 10 heavy (non-hydrogen) atoms. The fourth-order valence-corrected chi connectivity index (χ4v) is 0.779. The third-order valence-corrected chi connectivity index (χ3v) is 1.87. The van der Waals surface area contributed by atoms with Gasteiger partial charge in [0.25, 0.3) is 0 Å². The van der Waals surface area contributed by atoms with Crippen LogP contribution in [0, 0.1) is 5.41 Å². The number of aliphatic carboxylic acids is 1. The molecule has 1 rings (SSSR count). The van der Waals surface area contributed by atoms with Gasteiger partial charge in [0.05, 0.1) is 0 Å². The number of hydrogen-bond acceptors (Lipinski definition) is 2. The van der Waals surface area contributed by atoms with Crippen molar-refractivity contribution in [2.24, 2.45) is 10.4 Å². The van der Waals surface area contributed by atoms with Gasteiger partial charge in [-0.1, -0.05) is 0 Å². The summed E-state index contributed by atoms with van der Waals surface area (Å²) < 4.78 is 0. The summed E-state index contributed by atoms with van der Waals surface area (Å²) in [4.78, 5) is 14.5. The van der Waals surface area contributed by atoms with E-state index >= 15 is 0 Å². The predicted molar refractivity (Wildman–Crippen MR) is 38.0 cm³/mol. The molecule has 0 fully saturated rings. The molecule has 0 radical (unpaired) electrons. The Balaban J connectivity index is 3.00. The lowest BCUT2D eigenvalue weighted by Gasteiger charge is -2.15. The molecule has 0 bridgehead atoms. The first-order chi connectivity index (χ1) is 4.57. The summed E-state index contributed by atoms with van der Waals surface area (Å²) in [6.45, 7) is 3.35. The second kappa shape index (κ2) is 1.94. The highest BCUT2D eigenvalue weighted by Crippen LogP contribution is 2.25. The van der Waals surface area contributed by atoms with E-state index in [1.807, 2.05) is 0 Å². The van der Waals surface area contributed by atoms with Crippen molar-refractivity contribution in [2.75, 3.05) is 0 Å². The zero-order chi connectivity index (χ0) is 7.78. The summed E-state index contributed by atoms with van der Waals surface area (Å²) in [6, 6.07) is 0. The van der Waals surface area contributed by atoms with E-state index in [1.54, 1.807) is 19.9 Å². The van der Waals surface area contributed by atoms with Crippen LogP contribution < -0.4 is 0 Å². The number of carboxylic acid groups (broad SMARTS) is 1. The lowest BCUT2D eigenvalue weighted by atomic mass is 9.87. The molecule has 0 aromatic carbocycles. The van der Waals surface area contributed by atoms with Gasteiger partial charge in [-0.05, 0) is 19.9 Å². The molecule has 1 aliphatic heterocycles. The number of carbonyl (C=O) groups is 1. The van der Waals surface area contributed by atoms with Gasteiger partial charge in [0.15, 0.2) is 0 Å². The van der Waals surface area contributed by atoms with Crippen molar-refractivity contribution in [3.63, 3.8) is 0 Å². The van der Waals surface area contributed by atoms with Crippen molar-refractivity contribution >= 4 is 11.7 Å². The van der Waals surface area contributed by atoms with Gasteiger partial charge in [-0.25, -0.2) is 0 Å². The molecule has 1 N–H and O–H groups in total. The van der Waals surface area contributed by atoms with E-state index in [0.29, 0.717) is 5.71 Å². The molecule has 0 aliphatic carbocycles. The number of carboxylic acids is 1. The van der Waals surface area contributed by atoms with Crippen molar-refractivity contribution < 1.29 is 9.90 Å². The quantitative estimate of drug-likeness (QED) is 0.590. The van der Waals surface area contributed by atoms with Crippen molar-refractivity contribution in [2.45, 2.75) is 13.8 Å². The largest absolute Gasteiger partial charge is 0.480 e. The normalized spacial score (nSPS) is 30.4. The third-order valence-electron chi connectivity index (χ3n) is 1.87. The molecule has 0 saturated carbocycles. The van der Waals surface area contributed by atoms with Crippen LogP contribution in [0.3, 0.4) is 0 Å². The first-order valence-electron chi connectivity index (χ1n) is 3.03. The molecule has 1 unspecified atom stereocenters. The maximum Gasteiger partial charge on any atom is 0.319 e. The number of rotatable bonds is 1. The zero-order valence-corrected chi connectivity index (χ0v) is 5.96.